The zero-order chi connectivity index (χ0) is 16.2. The van der Waals surface area contributed by atoms with Gasteiger partial charge in [-0.15, -0.1) is 0 Å². The molecule has 0 unspecified atom stereocenters. The molecule has 3 rings (SSSR count). The molecule has 0 aliphatic rings. The highest BCUT2D eigenvalue weighted by Gasteiger charge is 2.17. The van der Waals surface area contributed by atoms with Gasteiger partial charge in [-0.05, 0) is 30.3 Å². The van der Waals surface area contributed by atoms with E-state index in [2.05, 4.69) is 10.2 Å². The number of aromatic amines is 1. The number of esters is 1. The van der Waals surface area contributed by atoms with Crippen LogP contribution in [0.2, 0.25) is 0 Å². The molecule has 6 nitrogen and oxygen atoms in total. The fourth-order valence-electron chi connectivity index (χ4n) is 2.18. The molecule has 0 aliphatic heterocycles. The largest absolute Gasteiger partial charge is 0.497 e. The number of nitrogens with zero attached hydrogens (tertiary/aromatic N) is 1. The predicted molar refractivity (Wildman–Crippen MR) is 83.7 cm³/mol. The number of methoxy groups -OCH3 is 1. The van der Waals surface area contributed by atoms with Crippen molar-refractivity contribution in [1.82, 2.24) is 10.2 Å². The Morgan fingerprint density at radius 1 is 1.09 bits per heavy atom. The van der Waals surface area contributed by atoms with Gasteiger partial charge in [-0.3, -0.25) is 9.89 Å². The van der Waals surface area contributed by atoms with E-state index in [1.54, 1.807) is 43.5 Å². The van der Waals surface area contributed by atoms with Crippen LogP contribution in [-0.4, -0.2) is 35.7 Å². The molecule has 6 heteroatoms. The topological polar surface area (TPSA) is 81.3 Å². The molecule has 0 radical (unpaired) electrons. The van der Waals surface area contributed by atoms with E-state index >= 15 is 0 Å². The van der Waals surface area contributed by atoms with Crippen LogP contribution in [0.5, 0.6) is 5.75 Å². The minimum Gasteiger partial charge on any atom is -0.497 e. The minimum atomic E-state index is -0.635. The van der Waals surface area contributed by atoms with Crippen LogP contribution in [0.15, 0.2) is 48.5 Å². The Kier molecular flexibility index (Phi) is 4.05. The molecule has 116 valence electrons. The van der Waals surface area contributed by atoms with Gasteiger partial charge in [0.15, 0.2) is 18.1 Å². The summed E-state index contributed by atoms with van der Waals surface area (Å²) in [5.74, 6) is -0.272. The highest BCUT2D eigenvalue weighted by Crippen LogP contribution is 2.16. The molecule has 0 bridgehead atoms. The van der Waals surface area contributed by atoms with Crippen LogP contribution >= 0.6 is 0 Å². The van der Waals surface area contributed by atoms with Crippen molar-refractivity contribution in [2.75, 3.05) is 13.7 Å². The summed E-state index contributed by atoms with van der Waals surface area (Å²) in [5.41, 5.74) is 1.36. The van der Waals surface area contributed by atoms with Gasteiger partial charge in [-0.1, -0.05) is 18.2 Å². The molecule has 0 saturated carbocycles. The number of carbonyl (C=O) groups is 2. The molecular formula is C17H14N2O4. The average molecular weight is 310 g/mol. The number of nitrogens with one attached hydrogen (secondary N) is 1. The number of Topliss-reactive ketones (excluding diaryl/α,β-unsaturated/α-hetero) is 1. The number of ether oxygens (including phenoxy) is 2. The van der Waals surface area contributed by atoms with E-state index in [1.807, 2.05) is 12.1 Å². The van der Waals surface area contributed by atoms with Crippen molar-refractivity contribution in [3.8, 4) is 5.75 Å². The summed E-state index contributed by atoms with van der Waals surface area (Å²) in [6, 6.07) is 13.8. The zero-order valence-corrected chi connectivity index (χ0v) is 12.4. The van der Waals surface area contributed by atoms with Crippen LogP contribution in [0.25, 0.3) is 10.9 Å². The Labute approximate surface area is 132 Å². The van der Waals surface area contributed by atoms with Crippen LogP contribution in [0.4, 0.5) is 0 Å². The van der Waals surface area contributed by atoms with E-state index in [1.165, 1.54) is 0 Å². The van der Waals surface area contributed by atoms with Crippen molar-refractivity contribution in [2.24, 2.45) is 0 Å². The number of benzene rings is 2. The molecule has 0 spiro atoms. The third kappa shape index (κ3) is 3.06. The Bertz CT molecular complexity index is 852. The van der Waals surface area contributed by atoms with Gasteiger partial charge in [0.25, 0.3) is 0 Å². The normalized spacial score (nSPS) is 10.5. The van der Waals surface area contributed by atoms with Gasteiger partial charge < -0.3 is 9.47 Å². The molecule has 2 aromatic carbocycles. The van der Waals surface area contributed by atoms with Crippen LogP contribution in [-0.2, 0) is 4.74 Å². The van der Waals surface area contributed by atoms with Crippen molar-refractivity contribution in [2.45, 2.75) is 0 Å². The number of hydrogen-bond acceptors (Lipinski definition) is 5. The first-order chi connectivity index (χ1) is 11.2. The third-order valence-corrected chi connectivity index (χ3v) is 3.41. The van der Waals surface area contributed by atoms with E-state index in [-0.39, 0.29) is 18.1 Å². The van der Waals surface area contributed by atoms with E-state index < -0.39 is 5.97 Å². The predicted octanol–water partition coefficient (Wildman–Crippen LogP) is 2.61. The molecule has 23 heavy (non-hydrogen) atoms. The first-order valence-electron chi connectivity index (χ1n) is 6.96. The number of para-hydroxylation sites is 1. The molecule has 0 saturated heterocycles. The standard InChI is InChI=1S/C17H14N2O4/c1-22-12-8-6-11(7-9-12)15(20)10-23-17(21)16-13-4-2-3-5-14(13)18-19-16/h2-9H,10H2,1H3,(H,18,19). The second-order valence-corrected chi connectivity index (χ2v) is 4.85. The Morgan fingerprint density at radius 3 is 2.57 bits per heavy atom. The average Bonchev–Trinajstić information content (AvgIpc) is 3.03. The molecule has 1 N–H and O–H groups in total. The van der Waals surface area contributed by atoms with E-state index in [9.17, 15) is 9.59 Å². The van der Waals surface area contributed by atoms with E-state index in [0.717, 1.165) is 5.52 Å². The summed E-state index contributed by atoms with van der Waals surface area (Å²) in [4.78, 5) is 24.1. The van der Waals surface area contributed by atoms with Gasteiger partial charge in [0.1, 0.15) is 5.75 Å². The number of carbonyl (C=O) groups excluding carboxylic acids is 2. The second kappa shape index (κ2) is 6.31. The van der Waals surface area contributed by atoms with Crippen LogP contribution in [0.3, 0.4) is 0 Å². The maximum atomic E-state index is 12.1. The van der Waals surface area contributed by atoms with Gasteiger partial charge in [0.05, 0.1) is 12.6 Å². The van der Waals surface area contributed by atoms with Crippen LogP contribution < -0.4 is 4.74 Å². The highest BCUT2D eigenvalue weighted by molar-refractivity contribution is 6.03. The third-order valence-electron chi connectivity index (χ3n) is 3.41. The van der Waals surface area contributed by atoms with Crippen LogP contribution in [0.1, 0.15) is 20.8 Å². The van der Waals surface area contributed by atoms with Crippen molar-refractivity contribution < 1.29 is 19.1 Å². The fourth-order valence-corrected chi connectivity index (χ4v) is 2.18. The van der Waals surface area contributed by atoms with Crippen molar-refractivity contribution in [3.63, 3.8) is 0 Å². The quantitative estimate of drug-likeness (QED) is 0.578. The SMILES string of the molecule is COc1ccc(C(=O)COC(=O)c2n[nH]c3ccccc23)cc1. The number of rotatable bonds is 5. The summed E-state index contributed by atoms with van der Waals surface area (Å²) in [7, 11) is 1.55. The molecule has 0 amide bonds. The Hall–Kier alpha value is -3.15. The molecular weight excluding hydrogens is 296 g/mol. The van der Waals surface area contributed by atoms with Gasteiger partial charge in [-0.25, -0.2) is 4.79 Å². The molecule has 1 heterocycles. The van der Waals surface area contributed by atoms with Gasteiger partial charge in [0, 0.05) is 10.9 Å². The second-order valence-electron chi connectivity index (χ2n) is 4.85. The molecule has 3 aromatic rings. The zero-order valence-electron chi connectivity index (χ0n) is 12.4. The number of ketones is 1. The Morgan fingerprint density at radius 2 is 1.83 bits per heavy atom. The lowest BCUT2D eigenvalue weighted by Crippen LogP contribution is -2.14. The molecule has 1 aromatic heterocycles. The first-order valence-corrected chi connectivity index (χ1v) is 6.96. The molecule has 0 aliphatic carbocycles. The van der Waals surface area contributed by atoms with Crippen molar-refractivity contribution in [1.29, 1.82) is 0 Å². The Balaban J connectivity index is 1.67. The van der Waals surface area contributed by atoms with Crippen molar-refractivity contribution in [3.05, 3.63) is 59.8 Å². The van der Waals surface area contributed by atoms with Crippen LogP contribution in [0, 0.1) is 0 Å². The first kappa shape index (κ1) is 14.8. The van der Waals surface area contributed by atoms with E-state index in [4.69, 9.17) is 9.47 Å². The minimum absolute atomic E-state index is 0.170. The van der Waals surface area contributed by atoms with Gasteiger partial charge >= 0.3 is 5.97 Å². The summed E-state index contributed by atoms with van der Waals surface area (Å²) < 4.78 is 10.1. The fraction of sp³-hybridized carbons (Fsp3) is 0.118. The lowest BCUT2D eigenvalue weighted by atomic mass is 10.1. The maximum Gasteiger partial charge on any atom is 0.359 e. The summed E-state index contributed by atoms with van der Waals surface area (Å²) >= 11 is 0. The van der Waals surface area contributed by atoms with E-state index in [0.29, 0.717) is 16.7 Å². The monoisotopic (exact) mass is 310 g/mol. The lowest BCUT2D eigenvalue weighted by molar-refractivity contribution is 0.0471. The number of hydrogen-bond donors (Lipinski definition) is 1. The number of fused-ring (bicyclic) bond motifs is 1. The number of H-pyrrole nitrogens is 1. The highest BCUT2D eigenvalue weighted by atomic mass is 16.5. The summed E-state index contributed by atoms with van der Waals surface area (Å²) in [6.45, 7) is -0.341. The van der Waals surface area contributed by atoms with Gasteiger partial charge in [0.2, 0.25) is 0 Å². The number of aromatic nitrogens is 2. The molecule has 0 fully saturated rings. The van der Waals surface area contributed by atoms with Gasteiger partial charge in [-0.2, -0.15) is 5.10 Å². The smallest absolute Gasteiger partial charge is 0.359 e. The molecule has 0 atom stereocenters. The maximum absolute atomic E-state index is 12.1. The lowest BCUT2D eigenvalue weighted by Gasteiger charge is -2.04. The summed E-state index contributed by atoms with van der Waals surface area (Å²) in [5, 5.41) is 7.35. The van der Waals surface area contributed by atoms with Crippen molar-refractivity contribution >= 4 is 22.7 Å². The summed E-state index contributed by atoms with van der Waals surface area (Å²) in [6.07, 6.45) is 0.